The Kier molecular flexibility index (Phi) is 7.48. The van der Waals surface area contributed by atoms with Crippen LogP contribution in [0, 0.1) is 13.8 Å². The smallest absolute Gasteiger partial charge is 0.475 e. The number of aromatic nitrogens is 5. The molecule has 1 N–H and O–H groups in total. The Morgan fingerprint density at radius 1 is 1.03 bits per heavy atom. The van der Waals surface area contributed by atoms with Crippen molar-refractivity contribution in [1.29, 1.82) is 0 Å². The number of carbonyl (C=O) groups is 1. The van der Waals surface area contributed by atoms with Gasteiger partial charge in [0.05, 0.1) is 18.1 Å². The lowest BCUT2D eigenvalue weighted by Crippen LogP contribution is -2.46. The van der Waals surface area contributed by atoms with E-state index in [1.165, 1.54) is 16.7 Å². The van der Waals surface area contributed by atoms with E-state index >= 15 is 0 Å². The van der Waals surface area contributed by atoms with Gasteiger partial charge in [-0.1, -0.05) is 29.3 Å². The maximum Gasteiger partial charge on any atom is 0.490 e. The number of rotatable bonds is 4. The van der Waals surface area contributed by atoms with Crippen molar-refractivity contribution < 1.29 is 23.1 Å². The van der Waals surface area contributed by atoms with Gasteiger partial charge in [-0.3, -0.25) is 14.0 Å². The normalized spacial score (nSPS) is 14.5. The summed E-state index contributed by atoms with van der Waals surface area (Å²) in [6, 6.07) is 6.83. The molecule has 1 aliphatic heterocycles. The van der Waals surface area contributed by atoms with Gasteiger partial charge in [0.15, 0.2) is 11.5 Å². The van der Waals surface area contributed by atoms with E-state index < -0.39 is 12.1 Å². The van der Waals surface area contributed by atoms with Crippen LogP contribution in [0.25, 0.3) is 16.9 Å². The van der Waals surface area contributed by atoms with Gasteiger partial charge in [-0.2, -0.15) is 18.3 Å². The zero-order valence-corrected chi connectivity index (χ0v) is 20.8. The minimum Gasteiger partial charge on any atom is -0.475 e. The fourth-order valence-electron chi connectivity index (χ4n) is 4.43. The Bertz CT molecular complexity index is 1370. The maximum absolute atomic E-state index is 10.6. The van der Waals surface area contributed by atoms with Crippen LogP contribution in [0.15, 0.2) is 49.2 Å². The molecule has 0 saturated carbocycles. The van der Waals surface area contributed by atoms with Gasteiger partial charge >= 0.3 is 12.1 Å². The first-order valence-corrected chi connectivity index (χ1v) is 11.7. The number of imidazole rings is 1. The minimum absolute atomic E-state index is 0.902. The molecule has 4 aromatic rings. The lowest BCUT2D eigenvalue weighted by molar-refractivity contribution is -0.192. The van der Waals surface area contributed by atoms with Gasteiger partial charge in [-0.15, -0.1) is 0 Å². The molecular formula is C25H28F3N7O2. The van der Waals surface area contributed by atoms with E-state index in [1.54, 1.807) is 0 Å². The topological polar surface area (TPSA) is 91.8 Å². The molecule has 0 bridgehead atoms. The highest BCUT2D eigenvalue weighted by Gasteiger charge is 2.38. The predicted octanol–water partition coefficient (Wildman–Crippen LogP) is 3.70. The first-order chi connectivity index (χ1) is 17.5. The second-order valence-electron chi connectivity index (χ2n) is 9.05. The molecule has 0 amide bonds. The Hall–Kier alpha value is -3.93. The number of benzene rings is 1. The number of alkyl halides is 3. The van der Waals surface area contributed by atoms with Crippen LogP contribution in [0.3, 0.4) is 0 Å². The number of carboxylic acid groups (broad SMARTS) is 1. The summed E-state index contributed by atoms with van der Waals surface area (Å²) in [5, 5.41) is 11.4. The average molecular weight is 516 g/mol. The lowest BCUT2D eigenvalue weighted by atomic mass is 10.1. The van der Waals surface area contributed by atoms with E-state index in [-0.39, 0.29) is 0 Å². The van der Waals surface area contributed by atoms with Gasteiger partial charge in [0, 0.05) is 63.9 Å². The molecular weight excluding hydrogens is 487 g/mol. The Morgan fingerprint density at radius 3 is 2.24 bits per heavy atom. The molecule has 12 heteroatoms. The Balaban J connectivity index is 0.000000405. The third-order valence-corrected chi connectivity index (χ3v) is 6.01. The first kappa shape index (κ1) is 26.1. The number of anilines is 1. The summed E-state index contributed by atoms with van der Waals surface area (Å²) in [6.07, 6.45) is 4.55. The summed E-state index contributed by atoms with van der Waals surface area (Å²) < 4.78 is 35.7. The van der Waals surface area contributed by atoms with Crippen LogP contribution in [-0.4, -0.2) is 72.5 Å². The number of hydrogen-bond donors (Lipinski definition) is 1. The van der Waals surface area contributed by atoms with Gasteiger partial charge < -0.3 is 10.0 Å². The summed E-state index contributed by atoms with van der Waals surface area (Å²) in [4.78, 5) is 23.1. The van der Waals surface area contributed by atoms with Crippen molar-refractivity contribution in [2.45, 2.75) is 26.6 Å². The number of fused-ring (bicyclic) bond motifs is 1. The van der Waals surface area contributed by atoms with Gasteiger partial charge in [0.25, 0.3) is 0 Å². The van der Waals surface area contributed by atoms with Gasteiger partial charge in [-0.25, -0.2) is 14.8 Å². The van der Waals surface area contributed by atoms with Crippen molar-refractivity contribution in [2.24, 2.45) is 7.05 Å². The number of halogens is 3. The zero-order chi connectivity index (χ0) is 26.7. The van der Waals surface area contributed by atoms with E-state index in [9.17, 15) is 13.2 Å². The van der Waals surface area contributed by atoms with Crippen LogP contribution >= 0.6 is 0 Å². The second kappa shape index (κ2) is 10.6. The molecule has 0 spiro atoms. The highest BCUT2D eigenvalue weighted by molar-refractivity contribution is 5.73. The summed E-state index contributed by atoms with van der Waals surface area (Å²) in [6.45, 7) is 9.29. The third-order valence-electron chi connectivity index (χ3n) is 6.01. The average Bonchev–Trinajstić information content (AvgIpc) is 3.44. The number of carboxylic acids is 1. The Morgan fingerprint density at radius 2 is 1.68 bits per heavy atom. The number of aliphatic carboxylic acids is 1. The number of nitrogens with zero attached hydrogens (tertiary/aromatic N) is 7. The quantitative estimate of drug-likeness (QED) is 0.443. The minimum atomic E-state index is -5.08. The van der Waals surface area contributed by atoms with Crippen molar-refractivity contribution in [1.82, 2.24) is 29.0 Å². The van der Waals surface area contributed by atoms with Gasteiger partial charge in [0.2, 0.25) is 0 Å². The van der Waals surface area contributed by atoms with E-state index in [1.807, 2.05) is 42.7 Å². The molecule has 1 aromatic carbocycles. The molecule has 1 saturated heterocycles. The molecule has 3 aromatic heterocycles. The standard InChI is InChI=1S/C23H27N7.C2HF3O2/c1-17-10-18(2)12-19(11-17)15-28-6-8-29(9-7-28)22-23-25-14-21(30(23)5-4-24-22)20-13-26-27(3)16-20;3-2(4,5)1(6)7/h4-5,10-14,16H,6-9,15H2,1-3H3;(H,6,7). The number of piperazine rings is 1. The van der Waals surface area contributed by atoms with Crippen LogP contribution in [-0.2, 0) is 18.4 Å². The molecule has 196 valence electrons. The van der Waals surface area contributed by atoms with E-state index in [2.05, 4.69) is 56.3 Å². The predicted molar refractivity (Wildman–Crippen MR) is 132 cm³/mol. The molecule has 1 aliphatic rings. The lowest BCUT2D eigenvalue weighted by Gasteiger charge is -2.35. The van der Waals surface area contributed by atoms with Crippen LogP contribution in [0.2, 0.25) is 0 Å². The highest BCUT2D eigenvalue weighted by Crippen LogP contribution is 2.25. The Labute approximate surface area is 211 Å². The molecule has 0 aliphatic carbocycles. The zero-order valence-electron chi connectivity index (χ0n) is 20.8. The molecule has 37 heavy (non-hydrogen) atoms. The second-order valence-corrected chi connectivity index (χ2v) is 9.05. The monoisotopic (exact) mass is 515 g/mol. The van der Waals surface area contributed by atoms with Crippen molar-refractivity contribution in [3.8, 4) is 11.3 Å². The van der Waals surface area contributed by atoms with Crippen LogP contribution in [0.1, 0.15) is 16.7 Å². The van der Waals surface area contributed by atoms with Crippen molar-refractivity contribution in [2.75, 3.05) is 31.1 Å². The van der Waals surface area contributed by atoms with E-state index in [4.69, 9.17) is 14.9 Å². The summed E-state index contributed by atoms with van der Waals surface area (Å²) in [7, 11) is 1.93. The van der Waals surface area contributed by atoms with Crippen LogP contribution < -0.4 is 4.90 Å². The fraction of sp³-hybridized carbons (Fsp3) is 0.360. The van der Waals surface area contributed by atoms with Crippen molar-refractivity contribution in [3.63, 3.8) is 0 Å². The van der Waals surface area contributed by atoms with Gasteiger partial charge in [0.1, 0.15) is 0 Å². The molecule has 0 radical (unpaired) electrons. The molecule has 1 fully saturated rings. The molecule has 0 atom stereocenters. The summed E-state index contributed by atoms with van der Waals surface area (Å²) in [5.41, 5.74) is 7.07. The van der Waals surface area contributed by atoms with E-state index in [0.29, 0.717) is 0 Å². The van der Waals surface area contributed by atoms with Crippen LogP contribution in [0.5, 0.6) is 0 Å². The number of hydrogen-bond acceptors (Lipinski definition) is 6. The molecule has 4 heterocycles. The first-order valence-electron chi connectivity index (χ1n) is 11.7. The van der Waals surface area contributed by atoms with Gasteiger partial charge in [-0.05, 0) is 19.4 Å². The molecule has 0 unspecified atom stereocenters. The summed E-state index contributed by atoms with van der Waals surface area (Å²) >= 11 is 0. The molecule has 5 rings (SSSR count). The van der Waals surface area contributed by atoms with Crippen molar-refractivity contribution >= 4 is 17.4 Å². The van der Waals surface area contributed by atoms with Crippen molar-refractivity contribution in [3.05, 3.63) is 65.9 Å². The van der Waals surface area contributed by atoms with E-state index in [0.717, 1.165) is 55.4 Å². The SMILES string of the molecule is Cc1cc(C)cc(CN2CCN(c3nccn4c(-c5cnn(C)c5)cnc34)CC2)c1.O=C(O)C(F)(F)F. The summed E-state index contributed by atoms with van der Waals surface area (Å²) in [5.74, 6) is -1.80. The highest BCUT2D eigenvalue weighted by atomic mass is 19.4. The number of aryl methyl sites for hydroxylation is 3. The van der Waals surface area contributed by atoms with Crippen LogP contribution in [0.4, 0.5) is 19.0 Å². The fourth-order valence-corrected chi connectivity index (χ4v) is 4.43. The molecule has 9 nitrogen and oxygen atoms in total. The third kappa shape index (κ3) is 6.26. The largest absolute Gasteiger partial charge is 0.490 e. The maximum atomic E-state index is 10.6.